The van der Waals surface area contributed by atoms with Gasteiger partial charge in [-0.2, -0.15) is 21.6 Å². The summed E-state index contributed by atoms with van der Waals surface area (Å²) in [6.45, 7) is 3.66. The van der Waals surface area contributed by atoms with Gasteiger partial charge in [0.25, 0.3) is 20.0 Å². The fraction of sp³-hybridized carbons (Fsp3) is 0.108. The minimum absolute atomic E-state index is 0. The number of pyridine rings is 3. The summed E-state index contributed by atoms with van der Waals surface area (Å²) in [6.07, 6.45) is 2.21. The lowest BCUT2D eigenvalue weighted by Gasteiger charge is -2.16. The first-order valence-electron chi connectivity index (χ1n) is 15.6. The van der Waals surface area contributed by atoms with Crippen LogP contribution in [0.25, 0.3) is 0 Å². The van der Waals surface area contributed by atoms with Gasteiger partial charge in [0.2, 0.25) is 0 Å². The van der Waals surface area contributed by atoms with E-state index in [4.69, 9.17) is 55.9 Å². The highest BCUT2D eigenvalue weighted by molar-refractivity contribution is 7.93. The lowest BCUT2D eigenvalue weighted by Crippen LogP contribution is -2.15. The number of aromatic nitrogens is 3. The second-order valence-corrected chi connectivity index (χ2v) is 16.5. The van der Waals surface area contributed by atoms with Gasteiger partial charge < -0.3 is 9.47 Å². The minimum Gasteiger partial charge on any atom is -0.455 e. The average molecular weight is 904 g/mol. The zero-order valence-electron chi connectivity index (χ0n) is 28.6. The van der Waals surface area contributed by atoms with Gasteiger partial charge in [-0.15, -0.1) is 0 Å². The molecule has 0 bridgehead atoms. The second kappa shape index (κ2) is 18.6. The highest BCUT2D eigenvalue weighted by atomic mass is 35.5. The monoisotopic (exact) mass is 901 g/mol. The van der Waals surface area contributed by atoms with Crippen LogP contribution < -0.4 is 18.9 Å². The van der Waals surface area contributed by atoms with Crippen molar-refractivity contribution < 1.29 is 39.5 Å². The summed E-state index contributed by atoms with van der Waals surface area (Å²) >= 11 is 23.3. The van der Waals surface area contributed by atoms with Gasteiger partial charge in [0.05, 0.1) is 27.5 Å². The predicted octanol–water partition coefficient (Wildman–Crippen LogP) is 11.6. The standard InChI is InChI=1S/C18H10Cl3F3N2O3S.C18H16ClN3O3S.CH4/c19-10-1-4-17(15(21)6-10)30(27,28)26-12-2-3-16(14(7-12)18(22,23)24)29-13-5-11(20)8-25-9-13;1-12-3-6-18(21-9-12)26(23,24)22-15-4-5-17(13(2)7-15)25-16-8-14(19)10-20-11-16;/h1-9,26H;3-11,22H,1-2H3;1H4. The highest BCUT2D eigenvalue weighted by Crippen LogP contribution is 2.40. The first kappa shape index (κ1) is 44.9. The molecule has 20 heteroatoms. The maximum Gasteiger partial charge on any atom is 0.420 e. The van der Waals surface area contributed by atoms with Gasteiger partial charge in [-0.25, -0.2) is 13.4 Å². The van der Waals surface area contributed by atoms with Gasteiger partial charge in [-0.3, -0.25) is 19.4 Å². The van der Waals surface area contributed by atoms with Crippen LogP contribution in [-0.4, -0.2) is 31.8 Å². The van der Waals surface area contributed by atoms with Crippen LogP contribution in [0.4, 0.5) is 24.5 Å². The molecule has 0 aliphatic heterocycles. The van der Waals surface area contributed by atoms with E-state index < -0.39 is 37.5 Å². The summed E-state index contributed by atoms with van der Waals surface area (Å²) in [4.78, 5) is 11.3. The number of aryl methyl sites for hydroxylation is 2. The average Bonchev–Trinajstić information content (AvgIpc) is 3.10. The molecule has 3 aromatic heterocycles. The Morgan fingerprint density at radius 2 is 1.18 bits per heavy atom. The van der Waals surface area contributed by atoms with Crippen LogP contribution in [0.1, 0.15) is 24.1 Å². The van der Waals surface area contributed by atoms with Crippen LogP contribution in [0.3, 0.4) is 0 Å². The number of anilines is 2. The first-order valence-corrected chi connectivity index (χ1v) is 20.1. The Morgan fingerprint density at radius 3 is 1.70 bits per heavy atom. The predicted molar refractivity (Wildman–Crippen MR) is 215 cm³/mol. The van der Waals surface area contributed by atoms with Crippen molar-refractivity contribution in [1.29, 1.82) is 0 Å². The van der Waals surface area contributed by atoms with E-state index in [9.17, 15) is 30.0 Å². The molecule has 6 aromatic rings. The molecular formula is C37H30Cl4F3N5O6S2. The van der Waals surface area contributed by atoms with E-state index in [0.717, 1.165) is 29.3 Å². The summed E-state index contributed by atoms with van der Waals surface area (Å²) in [5.41, 5.74) is 0.509. The number of halogens is 7. The number of hydrogen-bond donors (Lipinski definition) is 2. The Bertz CT molecular complexity index is 2610. The van der Waals surface area contributed by atoms with Gasteiger partial charge in [-0.05, 0) is 85.6 Å². The van der Waals surface area contributed by atoms with Crippen LogP contribution in [0.2, 0.25) is 20.1 Å². The molecule has 300 valence electrons. The van der Waals surface area contributed by atoms with Gasteiger partial charge in [0, 0.05) is 47.1 Å². The summed E-state index contributed by atoms with van der Waals surface area (Å²) in [7, 11) is -8.03. The molecule has 2 N–H and O–H groups in total. The maximum absolute atomic E-state index is 13.5. The third kappa shape index (κ3) is 12.3. The second-order valence-electron chi connectivity index (χ2n) is 11.5. The molecule has 0 atom stereocenters. The normalized spacial score (nSPS) is 11.4. The Kier molecular flexibility index (Phi) is 14.7. The number of nitrogens with zero attached hydrogens (tertiary/aromatic N) is 3. The number of rotatable bonds is 10. The largest absolute Gasteiger partial charge is 0.455 e. The SMILES string of the molecule is C.Cc1ccc(S(=O)(=O)Nc2ccc(Oc3cncc(Cl)c3)c(C)c2)nc1.O=S(=O)(Nc1ccc(Oc2cncc(Cl)c2)c(C(F)(F)F)c1)c1ccc(Cl)cc1Cl. The van der Waals surface area contributed by atoms with Gasteiger partial charge >= 0.3 is 6.18 Å². The Balaban J connectivity index is 0.000000251. The Morgan fingerprint density at radius 1 is 0.614 bits per heavy atom. The summed E-state index contributed by atoms with van der Waals surface area (Å²) in [5, 5.41) is 0.626. The number of hydrogen-bond acceptors (Lipinski definition) is 9. The van der Waals surface area contributed by atoms with Crippen LogP contribution in [0.5, 0.6) is 23.0 Å². The lowest BCUT2D eigenvalue weighted by atomic mass is 10.1. The Labute approximate surface area is 346 Å². The van der Waals surface area contributed by atoms with Crippen molar-refractivity contribution in [3.63, 3.8) is 0 Å². The summed E-state index contributed by atoms with van der Waals surface area (Å²) in [5.74, 6) is 0.497. The topological polar surface area (TPSA) is 149 Å². The van der Waals surface area contributed by atoms with E-state index in [1.165, 1.54) is 49.1 Å². The third-order valence-corrected chi connectivity index (χ3v) is 10.9. The van der Waals surface area contributed by atoms with Crippen LogP contribution >= 0.6 is 46.4 Å². The quantitative estimate of drug-likeness (QED) is 0.137. The van der Waals surface area contributed by atoms with E-state index in [1.54, 1.807) is 36.5 Å². The van der Waals surface area contributed by atoms with Crippen molar-refractivity contribution in [1.82, 2.24) is 15.0 Å². The fourth-order valence-electron chi connectivity index (χ4n) is 4.61. The molecule has 0 amide bonds. The first-order chi connectivity index (χ1) is 26.3. The Hall–Kier alpha value is -4.84. The number of sulfonamides is 2. The molecule has 0 radical (unpaired) electrons. The van der Waals surface area contributed by atoms with Gasteiger partial charge in [0.1, 0.15) is 33.5 Å². The van der Waals surface area contributed by atoms with E-state index in [-0.39, 0.29) is 43.9 Å². The number of alkyl halides is 3. The molecule has 0 unspecified atom stereocenters. The van der Waals surface area contributed by atoms with E-state index >= 15 is 0 Å². The molecule has 6 rings (SSSR count). The van der Waals surface area contributed by atoms with Crippen molar-refractivity contribution in [2.24, 2.45) is 0 Å². The lowest BCUT2D eigenvalue weighted by molar-refractivity contribution is -0.138. The van der Waals surface area contributed by atoms with E-state index in [1.807, 2.05) is 13.8 Å². The number of nitrogens with one attached hydrogen (secondary N) is 2. The zero-order valence-corrected chi connectivity index (χ0v) is 33.3. The molecule has 0 fully saturated rings. The molecule has 0 saturated carbocycles. The summed E-state index contributed by atoms with van der Waals surface area (Å²) < 4.78 is 106. The van der Waals surface area contributed by atoms with E-state index in [0.29, 0.717) is 28.3 Å². The number of ether oxygens (including phenoxy) is 2. The zero-order chi connectivity index (χ0) is 40.8. The molecule has 3 heterocycles. The molecule has 0 aliphatic carbocycles. The molecule has 0 aliphatic rings. The molecule has 3 aromatic carbocycles. The molecule has 0 spiro atoms. The maximum atomic E-state index is 13.5. The van der Waals surface area contributed by atoms with E-state index in [2.05, 4.69) is 24.4 Å². The van der Waals surface area contributed by atoms with Crippen molar-refractivity contribution in [2.45, 2.75) is 37.4 Å². The summed E-state index contributed by atoms with van der Waals surface area (Å²) in [6, 6.07) is 17.4. The van der Waals surface area contributed by atoms with Crippen molar-refractivity contribution in [3.05, 3.63) is 147 Å². The smallest absolute Gasteiger partial charge is 0.420 e. The fourth-order valence-corrected chi connectivity index (χ4v) is 7.74. The number of benzene rings is 3. The molecule has 0 saturated heterocycles. The van der Waals surface area contributed by atoms with Crippen LogP contribution in [0, 0.1) is 13.8 Å². The van der Waals surface area contributed by atoms with Gasteiger partial charge in [-0.1, -0.05) is 59.9 Å². The van der Waals surface area contributed by atoms with Crippen LogP contribution in [0.15, 0.2) is 120 Å². The third-order valence-electron chi connectivity index (χ3n) is 7.12. The molecule has 11 nitrogen and oxygen atoms in total. The van der Waals surface area contributed by atoms with Crippen LogP contribution in [-0.2, 0) is 26.2 Å². The van der Waals surface area contributed by atoms with Crippen molar-refractivity contribution in [2.75, 3.05) is 9.44 Å². The minimum atomic E-state index is -4.83. The highest BCUT2D eigenvalue weighted by Gasteiger charge is 2.35. The molecule has 57 heavy (non-hydrogen) atoms. The molecular weight excluding hydrogens is 873 g/mol. The van der Waals surface area contributed by atoms with Crippen molar-refractivity contribution >= 4 is 77.8 Å². The van der Waals surface area contributed by atoms with Crippen molar-refractivity contribution in [3.8, 4) is 23.0 Å². The van der Waals surface area contributed by atoms with Gasteiger partial charge in [0.15, 0.2) is 5.03 Å².